The van der Waals surface area contributed by atoms with Gasteiger partial charge in [-0.05, 0) is 30.2 Å². The Balaban J connectivity index is 1.89. The molecular formula is C12H21N3S. The summed E-state index contributed by atoms with van der Waals surface area (Å²) in [5.74, 6) is 0.703. The molecule has 1 saturated heterocycles. The molecule has 0 amide bonds. The first-order chi connectivity index (χ1) is 7.78. The Hall–Kier alpha value is -0.420. The largest absolute Gasteiger partial charge is 0.329 e. The number of thiophene rings is 1. The van der Waals surface area contributed by atoms with Crippen LogP contribution >= 0.6 is 11.3 Å². The number of nitrogens with two attached hydrogens (primary N) is 2. The molecule has 4 N–H and O–H groups in total. The van der Waals surface area contributed by atoms with Crippen LogP contribution in [0.15, 0.2) is 17.5 Å². The summed E-state index contributed by atoms with van der Waals surface area (Å²) >= 11 is 1.85. The molecule has 1 aromatic heterocycles. The van der Waals surface area contributed by atoms with Crippen molar-refractivity contribution in [1.82, 2.24) is 4.90 Å². The minimum atomic E-state index is 0.324. The zero-order chi connectivity index (χ0) is 11.4. The van der Waals surface area contributed by atoms with Crippen LogP contribution in [0.4, 0.5) is 0 Å². The third-order valence-corrected chi connectivity index (χ3v) is 4.06. The van der Waals surface area contributed by atoms with Gasteiger partial charge in [0.05, 0.1) is 0 Å². The first kappa shape index (κ1) is 12.0. The van der Waals surface area contributed by atoms with Gasteiger partial charge in [0.15, 0.2) is 0 Å². The predicted molar refractivity (Wildman–Crippen MR) is 69.6 cm³/mol. The van der Waals surface area contributed by atoms with Crippen molar-refractivity contribution in [1.29, 1.82) is 0 Å². The second-order valence-electron chi connectivity index (χ2n) is 4.69. The van der Waals surface area contributed by atoms with E-state index < -0.39 is 0 Å². The summed E-state index contributed by atoms with van der Waals surface area (Å²) < 4.78 is 0. The van der Waals surface area contributed by atoms with E-state index in [0.29, 0.717) is 12.0 Å². The van der Waals surface area contributed by atoms with Crippen molar-refractivity contribution in [3.63, 3.8) is 0 Å². The highest BCUT2D eigenvalue weighted by Crippen LogP contribution is 2.22. The van der Waals surface area contributed by atoms with Crippen LogP contribution < -0.4 is 11.5 Å². The number of likely N-dealkylation sites (tertiary alicyclic amines) is 1. The molecule has 4 heteroatoms. The quantitative estimate of drug-likeness (QED) is 0.821. The van der Waals surface area contributed by atoms with Gasteiger partial charge >= 0.3 is 0 Å². The number of hydrogen-bond acceptors (Lipinski definition) is 4. The average Bonchev–Trinajstić information content (AvgIpc) is 2.70. The highest BCUT2D eigenvalue weighted by Gasteiger charge is 2.24. The third-order valence-electron chi connectivity index (χ3n) is 3.16. The lowest BCUT2D eigenvalue weighted by Gasteiger charge is -2.36. The highest BCUT2D eigenvalue weighted by atomic mass is 32.1. The number of hydrogen-bond donors (Lipinski definition) is 2. The van der Waals surface area contributed by atoms with Crippen molar-refractivity contribution in [3.05, 3.63) is 22.4 Å². The topological polar surface area (TPSA) is 55.3 Å². The van der Waals surface area contributed by atoms with Crippen LogP contribution in [0.3, 0.4) is 0 Å². The number of nitrogens with zero attached hydrogens (tertiary/aromatic N) is 1. The lowest BCUT2D eigenvalue weighted by molar-refractivity contribution is 0.160. The second-order valence-corrected chi connectivity index (χ2v) is 5.73. The Bertz CT molecular complexity index is 299. The lowest BCUT2D eigenvalue weighted by atomic mass is 9.91. The Morgan fingerprint density at radius 2 is 2.31 bits per heavy atom. The van der Waals surface area contributed by atoms with Crippen LogP contribution in [0, 0.1) is 5.92 Å². The lowest BCUT2D eigenvalue weighted by Crippen LogP contribution is -2.48. The zero-order valence-corrected chi connectivity index (χ0v) is 10.5. The summed E-state index contributed by atoms with van der Waals surface area (Å²) in [6.07, 6.45) is 2.32. The van der Waals surface area contributed by atoms with Crippen molar-refractivity contribution < 1.29 is 0 Å². The molecule has 2 unspecified atom stereocenters. The van der Waals surface area contributed by atoms with Crippen LogP contribution in [0.2, 0.25) is 0 Å². The van der Waals surface area contributed by atoms with Crippen LogP contribution in [-0.4, -0.2) is 37.1 Å². The first-order valence-corrected chi connectivity index (χ1v) is 6.86. The maximum absolute atomic E-state index is 6.10. The normalized spacial score (nSPS) is 27.1. The van der Waals surface area contributed by atoms with Gasteiger partial charge in [-0.2, -0.15) is 0 Å². The van der Waals surface area contributed by atoms with Crippen molar-refractivity contribution in [2.45, 2.75) is 18.9 Å². The molecular weight excluding hydrogens is 218 g/mol. The summed E-state index contributed by atoms with van der Waals surface area (Å²) in [6, 6.07) is 4.67. The molecule has 3 nitrogen and oxygen atoms in total. The van der Waals surface area contributed by atoms with Crippen LogP contribution in [0.1, 0.15) is 11.3 Å². The van der Waals surface area contributed by atoms with Gasteiger partial charge in [-0.3, -0.25) is 0 Å². The molecule has 0 aliphatic carbocycles. The summed E-state index contributed by atoms with van der Waals surface area (Å²) in [5, 5.41) is 2.15. The van der Waals surface area contributed by atoms with E-state index >= 15 is 0 Å². The SMILES string of the molecule is NCCN1CC(N)CC(Cc2cccs2)C1. The second kappa shape index (κ2) is 5.77. The standard InChI is InChI=1S/C12H21N3S/c13-3-4-15-8-10(6-11(14)9-15)7-12-2-1-5-16-12/h1-2,5,10-11H,3-4,6-9,13-14H2. The summed E-state index contributed by atoms with van der Waals surface area (Å²) in [5.41, 5.74) is 11.7. The molecule has 1 aliphatic rings. The molecule has 0 bridgehead atoms. The highest BCUT2D eigenvalue weighted by molar-refractivity contribution is 7.09. The minimum Gasteiger partial charge on any atom is -0.329 e. The van der Waals surface area contributed by atoms with E-state index in [0.717, 1.165) is 32.6 Å². The van der Waals surface area contributed by atoms with E-state index in [-0.39, 0.29) is 0 Å². The molecule has 2 heterocycles. The monoisotopic (exact) mass is 239 g/mol. The predicted octanol–water partition coefficient (Wildman–Crippen LogP) is 0.899. The van der Waals surface area contributed by atoms with E-state index in [4.69, 9.17) is 11.5 Å². The number of piperidine rings is 1. The molecule has 0 saturated carbocycles. The smallest absolute Gasteiger partial charge is 0.0171 e. The Labute approximate surface area is 101 Å². The Morgan fingerprint density at radius 1 is 1.44 bits per heavy atom. The molecule has 0 spiro atoms. The zero-order valence-electron chi connectivity index (χ0n) is 9.64. The van der Waals surface area contributed by atoms with Crippen LogP contribution in [-0.2, 0) is 6.42 Å². The molecule has 16 heavy (non-hydrogen) atoms. The summed E-state index contributed by atoms with van der Waals surface area (Å²) in [7, 11) is 0. The van der Waals surface area contributed by atoms with E-state index in [1.807, 2.05) is 11.3 Å². The van der Waals surface area contributed by atoms with Crippen molar-refractivity contribution in [2.75, 3.05) is 26.2 Å². The maximum Gasteiger partial charge on any atom is 0.0171 e. The molecule has 90 valence electrons. The van der Waals surface area contributed by atoms with Crippen molar-refractivity contribution >= 4 is 11.3 Å². The fourth-order valence-corrected chi connectivity index (χ4v) is 3.40. The van der Waals surface area contributed by atoms with Gasteiger partial charge in [0.1, 0.15) is 0 Å². The Kier molecular flexibility index (Phi) is 4.35. The molecule has 1 aromatic rings. The van der Waals surface area contributed by atoms with Gasteiger partial charge in [0, 0.05) is 37.1 Å². The van der Waals surface area contributed by atoms with Gasteiger partial charge in [-0.15, -0.1) is 11.3 Å². The van der Waals surface area contributed by atoms with Gasteiger partial charge in [0.25, 0.3) is 0 Å². The van der Waals surface area contributed by atoms with Crippen molar-refractivity contribution in [3.8, 4) is 0 Å². The third kappa shape index (κ3) is 3.28. The molecule has 1 fully saturated rings. The van der Waals surface area contributed by atoms with Gasteiger partial charge in [-0.25, -0.2) is 0 Å². The molecule has 2 atom stereocenters. The fraction of sp³-hybridized carbons (Fsp3) is 0.667. The Morgan fingerprint density at radius 3 is 3.00 bits per heavy atom. The maximum atomic E-state index is 6.10. The molecule has 1 aliphatic heterocycles. The van der Waals surface area contributed by atoms with Gasteiger partial charge in [0.2, 0.25) is 0 Å². The fourth-order valence-electron chi connectivity index (χ4n) is 2.57. The molecule has 2 rings (SSSR count). The number of rotatable bonds is 4. The average molecular weight is 239 g/mol. The van der Waals surface area contributed by atoms with Crippen LogP contribution in [0.5, 0.6) is 0 Å². The van der Waals surface area contributed by atoms with Gasteiger partial charge in [-0.1, -0.05) is 6.07 Å². The molecule has 0 aromatic carbocycles. The summed E-state index contributed by atoms with van der Waals surface area (Å²) in [6.45, 7) is 3.88. The van der Waals surface area contributed by atoms with E-state index in [9.17, 15) is 0 Å². The van der Waals surface area contributed by atoms with E-state index in [2.05, 4.69) is 22.4 Å². The van der Waals surface area contributed by atoms with E-state index in [1.54, 1.807) is 0 Å². The van der Waals surface area contributed by atoms with Crippen molar-refractivity contribution in [2.24, 2.45) is 17.4 Å². The van der Waals surface area contributed by atoms with Crippen LogP contribution in [0.25, 0.3) is 0 Å². The molecule has 0 radical (unpaired) electrons. The summed E-state index contributed by atoms with van der Waals surface area (Å²) in [4.78, 5) is 3.89. The van der Waals surface area contributed by atoms with E-state index in [1.165, 1.54) is 11.3 Å². The van der Waals surface area contributed by atoms with Gasteiger partial charge < -0.3 is 16.4 Å². The minimum absolute atomic E-state index is 0.324. The first-order valence-electron chi connectivity index (χ1n) is 5.98.